The Kier molecular flexibility index (Phi) is 4.66. The molecule has 0 radical (unpaired) electrons. The van der Waals surface area contributed by atoms with Crippen LogP contribution in [-0.2, 0) is 12.5 Å². The number of ether oxygens (including phenoxy) is 1. The predicted octanol–water partition coefficient (Wildman–Crippen LogP) is 5.07. The van der Waals surface area contributed by atoms with Gasteiger partial charge in [0.05, 0.1) is 0 Å². The number of benzene rings is 2. The maximum absolute atomic E-state index is 13.1. The quantitative estimate of drug-likeness (QED) is 0.715. The molecule has 0 aromatic heterocycles. The van der Waals surface area contributed by atoms with Crippen LogP contribution in [0, 0.1) is 26.6 Å². The fourth-order valence-electron chi connectivity index (χ4n) is 2.32. The standard InChI is InChI=1S/C17H18ClFO/c1-11-8-16(19)5-4-15(11)10-20-17-12(2)6-14(9-18)7-13(17)3/h4-8H,9-10H2,1-3H3. The second-order valence-corrected chi connectivity index (χ2v) is 5.32. The van der Waals surface area contributed by atoms with Crippen LogP contribution in [-0.4, -0.2) is 0 Å². The molecule has 0 unspecified atom stereocenters. The minimum atomic E-state index is -0.218. The second kappa shape index (κ2) is 6.27. The SMILES string of the molecule is Cc1cc(F)ccc1COc1c(C)cc(CCl)cc1C. The minimum Gasteiger partial charge on any atom is -0.488 e. The van der Waals surface area contributed by atoms with E-state index in [2.05, 4.69) is 0 Å². The van der Waals surface area contributed by atoms with E-state index in [-0.39, 0.29) is 5.82 Å². The summed E-state index contributed by atoms with van der Waals surface area (Å²) in [6.45, 7) is 6.35. The topological polar surface area (TPSA) is 9.23 Å². The molecule has 0 aliphatic heterocycles. The van der Waals surface area contributed by atoms with Crippen molar-refractivity contribution in [2.45, 2.75) is 33.3 Å². The normalized spacial score (nSPS) is 10.7. The van der Waals surface area contributed by atoms with Gasteiger partial charge in [0.15, 0.2) is 0 Å². The lowest BCUT2D eigenvalue weighted by atomic mass is 10.1. The summed E-state index contributed by atoms with van der Waals surface area (Å²) < 4.78 is 19.0. The molecule has 0 atom stereocenters. The van der Waals surface area contributed by atoms with Crippen molar-refractivity contribution >= 4 is 11.6 Å². The average molecular weight is 293 g/mol. The molecule has 0 spiro atoms. The summed E-state index contributed by atoms with van der Waals surface area (Å²) in [5.41, 5.74) is 5.12. The smallest absolute Gasteiger partial charge is 0.125 e. The summed E-state index contributed by atoms with van der Waals surface area (Å²) in [6.07, 6.45) is 0. The van der Waals surface area contributed by atoms with Gasteiger partial charge < -0.3 is 4.74 Å². The first-order valence-electron chi connectivity index (χ1n) is 6.55. The van der Waals surface area contributed by atoms with Gasteiger partial charge in [-0.25, -0.2) is 4.39 Å². The third-order valence-corrected chi connectivity index (χ3v) is 3.66. The van der Waals surface area contributed by atoms with E-state index in [1.165, 1.54) is 12.1 Å². The summed E-state index contributed by atoms with van der Waals surface area (Å²) >= 11 is 5.86. The van der Waals surface area contributed by atoms with Gasteiger partial charge in [0.25, 0.3) is 0 Å². The fourth-order valence-corrected chi connectivity index (χ4v) is 2.47. The van der Waals surface area contributed by atoms with Crippen molar-refractivity contribution in [3.05, 3.63) is 64.0 Å². The summed E-state index contributed by atoms with van der Waals surface area (Å²) in [7, 11) is 0. The molecule has 106 valence electrons. The van der Waals surface area contributed by atoms with E-state index in [4.69, 9.17) is 16.3 Å². The third-order valence-electron chi connectivity index (χ3n) is 3.35. The Morgan fingerprint density at radius 1 is 1.00 bits per heavy atom. The molecule has 2 rings (SSSR count). The van der Waals surface area contributed by atoms with Gasteiger partial charge in [0, 0.05) is 5.88 Å². The lowest BCUT2D eigenvalue weighted by molar-refractivity contribution is 0.301. The van der Waals surface area contributed by atoms with Crippen LogP contribution >= 0.6 is 11.6 Å². The molecule has 20 heavy (non-hydrogen) atoms. The summed E-state index contributed by atoms with van der Waals surface area (Å²) in [6, 6.07) is 8.82. The molecular weight excluding hydrogens is 275 g/mol. The second-order valence-electron chi connectivity index (χ2n) is 5.05. The Hall–Kier alpha value is -1.54. The maximum atomic E-state index is 13.1. The molecule has 3 heteroatoms. The number of alkyl halides is 1. The molecule has 0 aliphatic rings. The van der Waals surface area contributed by atoms with Gasteiger partial charge in [0.2, 0.25) is 0 Å². The molecule has 2 aromatic rings. The van der Waals surface area contributed by atoms with Crippen LogP contribution < -0.4 is 4.74 Å². The van der Waals surface area contributed by atoms with Crippen molar-refractivity contribution in [1.82, 2.24) is 0 Å². The lowest BCUT2D eigenvalue weighted by Crippen LogP contribution is -2.01. The fraction of sp³-hybridized carbons (Fsp3) is 0.294. The van der Waals surface area contributed by atoms with Crippen molar-refractivity contribution in [3.8, 4) is 5.75 Å². The first kappa shape index (κ1) is 14.9. The largest absolute Gasteiger partial charge is 0.488 e. The zero-order valence-electron chi connectivity index (χ0n) is 12.0. The average Bonchev–Trinajstić information content (AvgIpc) is 2.39. The number of halogens is 2. The minimum absolute atomic E-state index is 0.218. The molecule has 0 saturated carbocycles. The highest BCUT2D eigenvalue weighted by atomic mass is 35.5. The molecule has 0 N–H and O–H groups in total. The van der Waals surface area contributed by atoms with Crippen molar-refractivity contribution < 1.29 is 9.13 Å². The van der Waals surface area contributed by atoms with E-state index < -0.39 is 0 Å². The van der Waals surface area contributed by atoms with E-state index in [1.54, 1.807) is 6.07 Å². The van der Waals surface area contributed by atoms with Gasteiger partial charge in [-0.1, -0.05) is 18.2 Å². The molecule has 2 aromatic carbocycles. The third kappa shape index (κ3) is 3.31. The monoisotopic (exact) mass is 292 g/mol. The van der Waals surface area contributed by atoms with Crippen LogP contribution in [0.1, 0.15) is 27.8 Å². The molecule has 0 saturated heterocycles. The van der Waals surface area contributed by atoms with Crippen molar-refractivity contribution in [1.29, 1.82) is 0 Å². The Balaban J connectivity index is 2.19. The summed E-state index contributed by atoms with van der Waals surface area (Å²) in [5.74, 6) is 1.16. The van der Waals surface area contributed by atoms with Crippen LogP contribution in [0.4, 0.5) is 4.39 Å². The zero-order valence-corrected chi connectivity index (χ0v) is 12.7. The van der Waals surface area contributed by atoms with Crippen LogP contribution in [0.2, 0.25) is 0 Å². The Labute approximate surface area is 124 Å². The number of hydrogen-bond donors (Lipinski definition) is 0. The van der Waals surface area contributed by atoms with E-state index in [0.29, 0.717) is 12.5 Å². The number of hydrogen-bond acceptors (Lipinski definition) is 1. The molecule has 0 fully saturated rings. The van der Waals surface area contributed by atoms with Crippen LogP contribution in [0.3, 0.4) is 0 Å². The van der Waals surface area contributed by atoms with Crippen molar-refractivity contribution in [2.75, 3.05) is 0 Å². The number of rotatable bonds is 4. The van der Waals surface area contributed by atoms with Crippen molar-refractivity contribution in [3.63, 3.8) is 0 Å². The van der Waals surface area contributed by atoms with E-state index >= 15 is 0 Å². The lowest BCUT2D eigenvalue weighted by Gasteiger charge is -2.14. The molecule has 0 aliphatic carbocycles. The van der Waals surface area contributed by atoms with Crippen LogP contribution in [0.15, 0.2) is 30.3 Å². The summed E-state index contributed by atoms with van der Waals surface area (Å²) in [5, 5.41) is 0. The molecule has 0 bridgehead atoms. The van der Waals surface area contributed by atoms with Gasteiger partial charge in [-0.2, -0.15) is 0 Å². The Morgan fingerprint density at radius 2 is 1.65 bits per heavy atom. The van der Waals surface area contributed by atoms with Gasteiger partial charge in [0.1, 0.15) is 18.2 Å². The first-order chi connectivity index (χ1) is 9.51. The van der Waals surface area contributed by atoms with Gasteiger partial charge in [-0.15, -0.1) is 11.6 Å². The van der Waals surface area contributed by atoms with Gasteiger partial charge in [-0.05, 0) is 60.7 Å². The highest BCUT2D eigenvalue weighted by Crippen LogP contribution is 2.26. The van der Waals surface area contributed by atoms with E-state index in [9.17, 15) is 4.39 Å². The van der Waals surface area contributed by atoms with Crippen LogP contribution in [0.5, 0.6) is 5.75 Å². The zero-order chi connectivity index (χ0) is 14.7. The molecule has 0 amide bonds. The highest BCUT2D eigenvalue weighted by Gasteiger charge is 2.08. The maximum Gasteiger partial charge on any atom is 0.125 e. The van der Waals surface area contributed by atoms with E-state index in [1.807, 2.05) is 32.9 Å². The molecule has 0 heterocycles. The number of aryl methyl sites for hydroxylation is 3. The van der Waals surface area contributed by atoms with Gasteiger partial charge in [-0.3, -0.25) is 0 Å². The summed E-state index contributed by atoms with van der Waals surface area (Å²) in [4.78, 5) is 0. The highest BCUT2D eigenvalue weighted by molar-refractivity contribution is 6.17. The Morgan fingerprint density at radius 3 is 2.20 bits per heavy atom. The predicted molar refractivity (Wildman–Crippen MR) is 80.9 cm³/mol. The Bertz CT molecular complexity index is 599. The molecular formula is C17H18ClFO. The van der Waals surface area contributed by atoms with Crippen molar-refractivity contribution in [2.24, 2.45) is 0 Å². The van der Waals surface area contributed by atoms with Gasteiger partial charge >= 0.3 is 0 Å². The van der Waals surface area contributed by atoms with E-state index in [0.717, 1.165) is 33.6 Å². The first-order valence-corrected chi connectivity index (χ1v) is 7.08. The van der Waals surface area contributed by atoms with Crippen LogP contribution in [0.25, 0.3) is 0 Å². The molecule has 1 nitrogen and oxygen atoms in total.